The summed E-state index contributed by atoms with van der Waals surface area (Å²) < 4.78 is 0. The molecule has 142 valence electrons. The zero-order chi connectivity index (χ0) is 18.8. The van der Waals surface area contributed by atoms with Gasteiger partial charge in [-0.1, -0.05) is 42.5 Å². The largest absolute Gasteiger partial charge is 0.481 e. The molecule has 0 aliphatic heterocycles. The van der Waals surface area contributed by atoms with Crippen LogP contribution in [0.15, 0.2) is 42.5 Å². The Morgan fingerprint density at radius 2 is 2.04 bits per heavy atom. The monoisotopic (exact) mass is 394 g/mol. The summed E-state index contributed by atoms with van der Waals surface area (Å²) in [6.45, 7) is 0. The smallest absolute Gasteiger partial charge is 0.313 e. The molecule has 1 saturated carbocycles. The number of aliphatic hydroxyl groups is 1. The summed E-state index contributed by atoms with van der Waals surface area (Å²) in [6.07, 6.45) is 6.23. The van der Waals surface area contributed by atoms with E-state index in [-0.39, 0.29) is 16.9 Å². The Hall–Kier alpha value is -1.24. The fourth-order valence-electron chi connectivity index (χ4n) is 2.98. The lowest BCUT2D eigenvalue weighted by molar-refractivity contribution is -0.133. The van der Waals surface area contributed by atoms with E-state index in [9.17, 15) is 14.7 Å². The van der Waals surface area contributed by atoms with Gasteiger partial charge in [-0.25, -0.2) is 0 Å². The number of allylic oxidation sites excluding steroid dienone is 1. The molecule has 0 radical (unpaired) electrons. The second-order valence-electron chi connectivity index (χ2n) is 6.40. The predicted molar refractivity (Wildman–Crippen MR) is 109 cm³/mol. The van der Waals surface area contributed by atoms with Crippen LogP contribution in [0.2, 0.25) is 0 Å². The Morgan fingerprint density at radius 1 is 1.27 bits per heavy atom. The van der Waals surface area contributed by atoms with E-state index in [1.54, 1.807) is 11.8 Å². The Balaban J connectivity index is 1.74. The first-order valence-corrected chi connectivity index (χ1v) is 11.1. The number of ketones is 1. The highest BCUT2D eigenvalue weighted by atomic mass is 32.2. The van der Waals surface area contributed by atoms with Crippen molar-refractivity contribution < 1.29 is 19.8 Å². The molecule has 0 bridgehead atoms. The Kier molecular flexibility index (Phi) is 9.29. The molecule has 1 aliphatic carbocycles. The van der Waals surface area contributed by atoms with Gasteiger partial charge in [0.25, 0.3) is 0 Å². The lowest BCUT2D eigenvalue weighted by atomic mass is 10.0. The van der Waals surface area contributed by atoms with E-state index in [4.69, 9.17) is 5.11 Å². The predicted octanol–water partition coefficient (Wildman–Crippen LogP) is 3.44. The van der Waals surface area contributed by atoms with Crippen LogP contribution in [0.25, 0.3) is 0 Å². The molecule has 2 rings (SSSR count). The lowest BCUT2D eigenvalue weighted by Crippen LogP contribution is -2.17. The number of aliphatic hydroxyl groups excluding tert-OH is 1. The molecule has 0 amide bonds. The van der Waals surface area contributed by atoms with Gasteiger partial charge < -0.3 is 10.2 Å². The zero-order valence-electron chi connectivity index (χ0n) is 14.8. The molecule has 0 saturated heterocycles. The highest BCUT2D eigenvalue weighted by molar-refractivity contribution is 8.01. The standard InChI is InChI=1S/C20H26O4S2/c21-17(13-15-5-2-1-3-6-15)9-7-16-8-10-18(22)20(16)26-12-4-11-25-14-19(23)24/h1-3,5-7,9,16-17,20-21H,4,8,10-14H2,(H,23,24)/t16-,17-,20-/m1/s1. The van der Waals surface area contributed by atoms with Crippen molar-refractivity contribution in [2.75, 3.05) is 17.3 Å². The number of aliphatic carboxylic acids is 1. The number of hydrogen-bond donors (Lipinski definition) is 2. The number of hydrogen-bond acceptors (Lipinski definition) is 5. The van der Waals surface area contributed by atoms with Crippen molar-refractivity contribution >= 4 is 35.3 Å². The third-order valence-corrected chi connectivity index (χ3v) is 6.78. The summed E-state index contributed by atoms with van der Waals surface area (Å²) in [5.41, 5.74) is 1.09. The number of carbonyl (C=O) groups excluding carboxylic acids is 1. The van der Waals surface area contributed by atoms with Gasteiger partial charge in [0.2, 0.25) is 0 Å². The van der Waals surface area contributed by atoms with Gasteiger partial charge in [-0.15, -0.1) is 11.8 Å². The molecule has 6 heteroatoms. The highest BCUT2D eigenvalue weighted by Crippen LogP contribution is 2.34. The molecule has 4 nitrogen and oxygen atoms in total. The maximum atomic E-state index is 12.1. The normalized spacial score (nSPS) is 21.3. The Bertz CT molecular complexity index is 603. The molecule has 1 aliphatic rings. The molecule has 2 N–H and O–H groups in total. The third-order valence-electron chi connectivity index (χ3n) is 4.25. The van der Waals surface area contributed by atoms with E-state index < -0.39 is 12.1 Å². The lowest BCUT2D eigenvalue weighted by Gasteiger charge is -2.15. The van der Waals surface area contributed by atoms with E-state index in [2.05, 4.69) is 0 Å². The molecule has 1 fully saturated rings. The number of benzene rings is 1. The van der Waals surface area contributed by atoms with Crippen molar-refractivity contribution in [3.05, 3.63) is 48.0 Å². The molecule has 1 aromatic carbocycles. The van der Waals surface area contributed by atoms with Crippen molar-refractivity contribution in [3.63, 3.8) is 0 Å². The molecule has 0 spiro atoms. The van der Waals surface area contributed by atoms with E-state index >= 15 is 0 Å². The summed E-state index contributed by atoms with van der Waals surface area (Å²) in [6, 6.07) is 9.87. The van der Waals surface area contributed by atoms with Crippen molar-refractivity contribution in [1.82, 2.24) is 0 Å². The minimum Gasteiger partial charge on any atom is -0.481 e. The third kappa shape index (κ3) is 7.56. The zero-order valence-corrected chi connectivity index (χ0v) is 16.4. The number of rotatable bonds is 11. The van der Waals surface area contributed by atoms with E-state index in [1.807, 2.05) is 42.5 Å². The van der Waals surface area contributed by atoms with Crippen LogP contribution in [0.5, 0.6) is 0 Å². The molecule has 1 aromatic rings. The summed E-state index contributed by atoms with van der Waals surface area (Å²) >= 11 is 3.09. The fraction of sp³-hybridized carbons (Fsp3) is 0.500. The van der Waals surface area contributed by atoms with Crippen LogP contribution >= 0.6 is 23.5 Å². The summed E-state index contributed by atoms with van der Waals surface area (Å²) in [7, 11) is 0. The van der Waals surface area contributed by atoms with E-state index in [0.29, 0.717) is 18.6 Å². The maximum Gasteiger partial charge on any atom is 0.313 e. The molecule has 0 aromatic heterocycles. The Labute approximate surface area is 163 Å². The number of Topliss-reactive ketones (excluding diaryl/α,β-unsaturated/α-hetero) is 1. The quantitative estimate of drug-likeness (QED) is 0.442. The van der Waals surface area contributed by atoms with Crippen LogP contribution < -0.4 is 0 Å². The van der Waals surface area contributed by atoms with Gasteiger partial charge in [0.05, 0.1) is 17.1 Å². The second-order valence-corrected chi connectivity index (χ2v) is 8.76. The molecule has 3 atom stereocenters. The van der Waals surface area contributed by atoms with Gasteiger partial charge in [-0.3, -0.25) is 9.59 Å². The van der Waals surface area contributed by atoms with Crippen LogP contribution in [-0.4, -0.2) is 50.6 Å². The van der Waals surface area contributed by atoms with Crippen molar-refractivity contribution in [2.24, 2.45) is 5.92 Å². The average molecular weight is 395 g/mol. The van der Waals surface area contributed by atoms with E-state index in [0.717, 1.165) is 29.9 Å². The first-order valence-electron chi connectivity index (χ1n) is 8.90. The molecular weight excluding hydrogens is 368 g/mol. The summed E-state index contributed by atoms with van der Waals surface area (Å²) in [5, 5.41) is 18.8. The molecule has 26 heavy (non-hydrogen) atoms. The van der Waals surface area contributed by atoms with Crippen LogP contribution in [0.4, 0.5) is 0 Å². The second kappa shape index (κ2) is 11.5. The van der Waals surface area contributed by atoms with Gasteiger partial charge in [-0.2, -0.15) is 11.8 Å². The minimum atomic E-state index is -0.784. The van der Waals surface area contributed by atoms with Crippen molar-refractivity contribution in [2.45, 2.75) is 37.0 Å². The number of carboxylic acid groups (broad SMARTS) is 1. The minimum absolute atomic E-state index is 0.0281. The molecule has 0 heterocycles. The highest BCUT2D eigenvalue weighted by Gasteiger charge is 2.33. The Morgan fingerprint density at radius 3 is 2.77 bits per heavy atom. The van der Waals surface area contributed by atoms with Crippen molar-refractivity contribution in [1.29, 1.82) is 0 Å². The summed E-state index contributed by atoms with van der Waals surface area (Å²) in [5.74, 6) is 1.49. The van der Waals surface area contributed by atoms with Crippen LogP contribution in [0, 0.1) is 5.92 Å². The van der Waals surface area contributed by atoms with Gasteiger partial charge in [0, 0.05) is 12.8 Å². The van der Waals surface area contributed by atoms with Gasteiger partial charge in [-0.05, 0) is 35.8 Å². The van der Waals surface area contributed by atoms with Gasteiger partial charge >= 0.3 is 5.97 Å². The van der Waals surface area contributed by atoms with Crippen LogP contribution in [-0.2, 0) is 16.0 Å². The first-order chi connectivity index (χ1) is 12.6. The number of thioether (sulfide) groups is 2. The summed E-state index contributed by atoms with van der Waals surface area (Å²) in [4.78, 5) is 22.6. The first kappa shape index (κ1) is 21.1. The topological polar surface area (TPSA) is 74.6 Å². The van der Waals surface area contributed by atoms with Gasteiger partial charge in [0.1, 0.15) is 5.78 Å². The SMILES string of the molecule is O=C(O)CSCCCS[C@H]1C(=O)CC[C@H]1C=C[C@@H](O)Cc1ccccc1. The number of carbonyl (C=O) groups is 2. The molecular formula is C20H26O4S2. The average Bonchev–Trinajstić information content (AvgIpc) is 2.97. The van der Waals surface area contributed by atoms with Crippen LogP contribution in [0.1, 0.15) is 24.8 Å². The molecule has 0 unspecified atom stereocenters. The van der Waals surface area contributed by atoms with Crippen LogP contribution in [0.3, 0.4) is 0 Å². The van der Waals surface area contributed by atoms with E-state index in [1.165, 1.54) is 11.8 Å². The van der Waals surface area contributed by atoms with Crippen molar-refractivity contribution in [3.8, 4) is 0 Å². The maximum absolute atomic E-state index is 12.1. The fourth-order valence-corrected chi connectivity index (χ4v) is 5.17. The van der Waals surface area contributed by atoms with Gasteiger partial charge in [0.15, 0.2) is 0 Å². The number of carboxylic acids is 1.